The number of nitriles is 1. The van der Waals surface area contributed by atoms with E-state index >= 15 is 0 Å². The molecule has 0 aliphatic heterocycles. The number of H-pyrrole nitrogens is 1. The topological polar surface area (TPSA) is 108 Å². The van der Waals surface area contributed by atoms with Crippen LogP contribution in [0.3, 0.4) is 0 Å². The minimum absolute atomic E-state index is 0.204. The van der Waals surface area contributed by atoms with E-state index < -0.39 is 22.6 Å². The van der Waals surface area contributed by atoms with Crippen LogP contribution in [0.15, 0.2) is 21.9 Å². The summed E-state index contributed by atoms with van der Waals surface area (Å²) in [5.41, 5.74) is -2.10. The number of rotatable bonds is 4. The van der Waals surface area contributed by atoms with Crippen LogP contribution in [-0.2, 0) is 11.3 Å². The van der Waals surface area contributed by atoms with Crippen molar-refractivity contribution in [3.05, 3.63) is 33.1 Å². The van der Waals surface area contributed by atoms with Crippen molar-refractivity contribution in [2.75, 3.05) is 6.54 Å². The molecule has 0 bridgehead atoms. The Morgan fingerprint density at radius 3 is 2.78 bits per heavy atom. The predicted molar refractivity (Wildman–Crippen MR) is 63.7 cm³/mol. The van der Waals surface area contributed by atoms with Gasteiger partial charge in [0, 0.05) is 25.4 Å². The van der Waals surface area contributed by atoms with Crippen molar-refractivity contribution in [3.8, 4) is 6.07 Å². The van der Waals surface area contributed by atoms with Crippen LogP contribution in [0.1, 0.15) is 13.8 Å². The standard InChI is InChI=1S/C11H14N4O3/c1-11(2,7-12)9(17)13-4-6-15-5-3-8(16)14-10(15)18/h3,5H,4,6H2,1-2H3,(H,13,17)(H,14,16,18). The molecule has 0 atom stereocenters. The molecule has 96 valence electrons. The van der Waals surface area contributed by atoms with Crippen molar-refractivity contribution in [1.29, 1.82) is 5.26 Å². The predicted octanol–water partition coefficient (Wildman–Crippen LogP) is -0.797. The van der Waals surface area contributed by atoms with Gasteiger partial charge in [0.15, 0.2) is 0 Å². The van der Waals surface area contributed by atoms with Crippen molar-refractivity contribution in [1.82, 2.24) is 14.9 Å². The number of nitrogens with one attached hydrogen (secondary N) is 2. The zero-order chi connectivity index (χ0) is 13.8. The van der Waals surface area contributed by atoms with Crippen LogP contribution in [0.25, 0.3) is 0 Å². The molecule has 0 aliphatic carbocycles. The molecule has 18 heavy (non-hydrogen) atoms. The molecule has 0 saturated carbocycles. The Hall–Kier alpha value is -2.36. The first-order chi connectivity index (χ1) is 8.36. The zero-order valence-corrected chi connectivity index (χ0v) is 10.2. The summed E-state index contributed by atoms with van der Waals surface area (Å²) in [5.74, 6) is -0.400. The molecule has 7 nitrogen and oxygen atoms in total. The summed E-state index contributed by atoms with van der Waals surface area (Å²) in [4.78, 5) is 35.8. The second kappa shape index (κ2) is 5.31. The monoisotopic (exact) mass is 250 g/mol. The van der Waals surface area contributed by atoms with E-state index in [1.807, 2.05) is 6.07 Å². The first-order valence-corrected chi connectivity index (χ1v) is 5.36. The SMILES string of the molecule is CC(C)(C#N)C(=O)NCCn1ccc(=O)[nH]c1=O. The highest BCUT2D eigenvalue weighted by Gasteiger charge is 2.26. The summed E-state index contributed by atoms with van der Waals surface area (Å²) < 4.78 is 1.26. The molecule has 2 N–H and O–H groups in total. The Morgan fingerprint density at radius 2 is 2.22 bits per heavy atom. The molecule has 0 aliphatic rings. The Balaban J connectivity index is 2.58. The van der Waals surface area contributed by atoms with Gasteiger partial charge in [0.25, 0.3) is 5.56 Å². The molecule has 1 aromatic rings. The largest absolute Gasteiger partial charge is 0.353 e. The van der Waals surface area contributed by atoms with Crippen LogP contribution in [0.4, 0.5) is 0 Å². The van der Waals surface area contributed by atoms with Crippen LogP contribution < -0.4 is 16.6 Å². The van der Waals surface area contributed by atoms with Gasteiger partial charge in [-0.3, -0.25) is 19.1 Å². The number of hydrogen-bond donors (Lipinski definition) is 2. The molecule has 7 heteroatoms. The molecule has 1 aromatic heterocycles. The van der Waals surface area contributed by atoms with Crippen molar-refractivity contribution in [2.24, 2.45) is 5.41 Å². The van der Waals surface area contributed by atoms with Crippen LogP contribution in [-0.4, -0.2) is 22.0 Å². The van der Waals surface area contributed by atoms with Gasteiger partial charge in [-0.15, -0.1) is 0 Å². The van der Waals surface area contributed by atoms with Gasteiger partial charge >= 0.3 is 5.69 Å². The Bertz CT molecular complexity index is 591. The Kier molecular flexibility index (Phi) is 4.05. The second-order valence-electron chi connectivity index (χ2n) is 4.30. The summed E-state index contributed by atoms with van der Waals surface area (Å²) in [6, 6.07) is 3.11. The molecule has 0 saturated heterocycles. The van der Waals surface area contributed by atoms with E-state index in [1.165, 1.54) is 30.7 Å². The van der Waals surface area contributed by atoms with Crippen LogP contribution in [0.5, 0.6) is 0 Å². The maximum Gasteiger partial charge on any atom is 0.328 e. The molecule has 0 fully saturated rings. The summed E-state index contributed by atoms with van der Waals surface area (Å²) in [5, 5.41) is 11.3. The maximum atomic E-state index is 11.5. The van der Waals surface area contributed by atoms with Crippen molar-refractivity contribution in [3.63, 3.8) is 0 Å². The van der Waals surface area contributed by atoms with Crippen LogP contribution >= 0.6 is 0 Å². The second-order valence-corrected chi connectivity index (χ2v) is 4.30. The first kappa shape index (κ1) is 13.7. The molecule has 0 unspecified atom stereocenters. The maximum absolute atomic E-state index is 11.5. The number of carbonyl (C=O) groups is 1. The van der Waals surface area contributed by atoms with E-state index in [0.29, 0.717) is 0 Å². The van der Waals surface area contributed by atoms with Crippen LogP contribution in [0.2, 0.25) is 0 Å². The summed E-state index contributed by atoms with van der Waals surface area (Å²) in [6.45, 7) is 3.45. The average molecular weight is 250 g/mol. The number of aromatic nitrogens is 2. The number of amides is 1. The lowest BCUT2D eigenvalue weighted by molar-refractivity contribution is -0.126. The average Bonchev–Trinajstić information content (AvgIpc) is 2.31. The van der Waals surface area contributed by atoms with E-state index in [4.69, 9.17) is 5.26 Å². The summed E-state index contributed by atoms with van der Waals surface area (Å²) in [6.07, 6.45) is 1.35. The van der Waals surface area contributed by atoms with E-state index in [-0.39, 0.29) is 13.1 Å². The summed E-state index contributed by atoms with van der Waals surface area (Å²) >= 11 is 0. The molecule has 0 radical (unpaired) electrons. The van der Waals surface area contributed by atoms with Gasteiger partial charge in [-0.05, 0) is 13.8 Å². The fourth-order valence-electron chi connectivity index (χ4n) is 1.18. The van der Waals surface area contributed by atoms with E-state index in [2.05, 4.69) is 10.3 Å². The van der Waals surface area contributed by atoms with E-state index in [0.717, 1.165) is 0 Å². The fraction of sp³-hybridized carbons (Fsp3) is 0.455. The number of aromatic amines is 1. The van der Waals surface area contributed by atoms with Gasteiger partial charge in [0.2, 0.25) is 5.91 Å². The van der Waals surface area contributed by atoms with Gasteiger partial charge < -0.3 is 5.32 Å². The van der Waals surface area contributed by atoms with Crippen LogP contribution in [0, 0.1) is 16.7 Å². The smallest absolute Gasteiger partial charge is 0.328 e. The molecular weight excluding hydrogens is 236 g/mol. The fourth-order valence-corrected chi connectivity index (χ4v) is 1.18. The van der Waals surface area contributed by atoms with Gasteiger partial charge in [-0.2, -0.15) is 5.26 Å². The lowest BCUT2D eigenvalue weighted by atomic mass is 9.95. The number of nitrogens with zero attached hydrogens (tertiary/aromatic N) is 2. The third-order valence-electron chi connectivity index (χ3n) is 2.38. The van der Waals surface area contributed by atoms with Gasteiger partial charge in [0.1, 0.15) is 5.41 Å². The molecule has 1 rings (SSSR count). The molecule has 0 spiro atoms. The number of hydrogen-bond acceptors (Lipinski definition) is 4. The third kappa shape index (κ3) is 3.31. The van der Waals surface area contributed by atoms with E-state index in [9.17, 15) is 14.4 Å². The number of carbonyl (C=O) groups excluding carboxylic acids is 1. The molecule has 1 heterocycles. The quantitative estimate of drug-likeness (QED) is 0.729. The lowest BCUT2D eigenvalue weighted by Crippen LogP contribution is -2.39. The minimum atomic E-state index is -1.10. The first-order valence-electron chi connectivity index (χ1n) is 5.36. The summed E-state index contributed by atoms with van der Waals surface area (Å²) in [7, 11) is 0. The highest BCUT2D eigenvalue weighted by molar-refractivity contribution is 5.84. The van der Waals surface area contributed by atoms with Gasteiger partial charge in [0.05, 0.1) is 6.07 Å². The zero-order valence-electron chi connectivity index (χ0n) is 10.2. The highest BCUT2D eigenvalue weighted by atomic mass is 16.2. The van der Waals surface area contributed by atoms with Gasteiger partial charge in [-0.25, -0.2) is 4.79 Å². The van der Waals surface area contributed by atoms with Crippen molar-refractivity contribution in [2.45, 2.75) is 20.4 Å². The third-order valence-corrected chi connectivity index (χ3v) is 2.38. The lowest BCUT2D eigenvalue weighted by Gasteiger charge is -2.15. The molecular formula is C11H14N4O3. The Labute approximate surface area is 103 Å². The van der Waals surface area contributed by atoms with Crippen molar-refractivity contribution >= 4 is 5.91 Å². The molecule has 0 aromatic carbocycles. The normalized spacial score (nSPS) is 10.7. The highest BCUT2D eigenvalue weighted by Crippen LogP contribution is 2.12. The minimum Gasteiger partial charge on any atom is -0.353 e. The van der Waals surface area contributed by atoms with Crippen molar-refractivity contribution < 1.29 is 4.79 Å². The van der Waals surface area contributed by atoms with Gasteiger partial charge in [-0.1, -0.05) is 0 Å². The van der Waals surface area contributed by atoms with E-state index in [1.54, 1.807) is 0 Å². The molecule has 1 amide bonds. The Morgan fingerprint density at radius 1 is 1.56 bits per heavy atom.